The molecule has 2 N–H and O–H groups in total. The lowest BCUT2D eigenvalue weighted by Crippen LogP contribution is -2.28. The Kier molecular flexibility index (Phi) is 6.52. The molecule has 2 rings (SSSR count). The predicted molar refractivity (Wildman–Crippen MR) is 99.7 cm³/mol. The van der Waals surface area contributed by atoms with E-state index in [1.807, 2.05) is 20.8 Å². The van der Waals surface area contributed by atoms with E-state index in [1.165, 1.54) is 6.92 Å². The summed E-state index contributed by atoms with van der Waals surface area (Å²) < 4.78 is 5.51. The first-order valence-corrected chi connectivity index (χ1v) is 9.04. The molecule has 2 amide bonds. The highest BCUT2D eigenvalue weighted by molar-refractivity contribution is 7.11. The van der Waals surface area contributed by atoms with E-state index < -0.39 is 0 Å². The zero-order valence-electron chi connectivity index (χ0n) is 14.9. The summed E-state index contributed by atoms with van der Waals surface area (Å²) in [5.74, 6) is 0.463. The van der Waals surface area contributed by atoms with Gasteiger partial charge in [0.1, 0.15) is 5.75 Å². The van der Waals surface area contributed by atoms with Gasteiger partial charge >= 0.3 is 6.03 Å². The van der Waals surface area contributed by atoms with E-state index in [4.69, 9.17) is 4.74 Å². The molecule has 0 saturated carbocycles. The fraction of sp³-hybridized carbons (Fsp3) is 0.389. The molecule has 0 radical (unpaired) electrons. The first-order valence-electron chi connectivity index (χ1n) is 8.22. The number of hydrogen-bond acceptors (Lipinski definition) is 5. The summed E-state index contributed by atoms with van der Waals surface area (Å²) in [6.07, 6.45) is 0.831. The number of rotatable bonds is 7. The Hall–Kier alpha value is -2.41. The molecule has 1 heterocycles. The van der Waals surface area contributed by atoms with Crippen LogP contribution < -0.4 is 15.4 Å². The van der Waals surface area contributed by atoms with E-state index in [0.29, 0.717) is 30.2 Å². The third-order valence-corrected chi connectivity index (χ3v) is 4.58. The van der Waals surface area contributed by atoms with Crippen LogP contribution in [0, 0.1) is 6.92 Å². The summed E-state index contributed by atoms with van der Waals surface area (Å²) in [6, 6.07) is 4.65. The molecule has 0 aliphatic heterocycles. The molecule has 0 unspecified atom stereocenters. The Bertz CT molecular complexity index is 771. The van der Waals surface area contributed by atoms with E-state index in [9.17, 15) is 9.59 Å². The normalized spacial score (nSPS) is 10.4. The second kappa shape index (κ2) is 8.62. The number of thiazole rings is 1. The molecule has 2 aromatic rings. The van der Waals surface area contributed by atoms with E-state index in [0.717, 1.165) is 22.0 Å². The molecule has 0 bridgehead atoms. The van der Waals surface area contributed by atoms with Gasteiger partial charge in [0.2, 0.25) is 0 Å². The molecule has 0 aliphatic carbocycles. The topological polar surface area (TPSA) is 80.3 Å². The first-order chi connectivity index (χ1) is 11.9. The second-order valence-corrected chi connectivity index (χ2v) is 6.75. The van der Waals surface area contributed by atoms with Crippen molar-refractivity contribution in [2.45, 2.75) is 40.7 Å². The van der Waals surface area contributed by atoms with Crippen LogP contribution in [-0.4, -0.2) is 23.4 Å². The number of ether oxygens (including phenoxy) is 1. The third-order valence-electron chi connectivity index (χ3n) is 3.56. The maximum Gasteiger partial charge on any atom is 0.319 e. The summed E-state index contributed by atoms with van der Waals surface area (Å²) in [6.45, 7) is 8.22. The zero-order chi connectivity index (χ0) is 18.4. The van der Waals surface area contributed by atoms with E-state index in [1.54, 1.807) is 29.5 Å². The highest BCUT2D eigenvalue weighted by Gasteiger charge is 2.12. The molecule has 6 nitrogen and oxygen atoms in total. The number of nitrogens with zero attached hydrogens (tertiary/aromatic N) is 1. The van der Waals surface area contributed by atoms with Crippen LogP contribution in [0.4, 0.5) is 10.5 Å². The van der Waals surface area contributed by atoms with Crippen molar-refractivity contribution in [3.8, 4) is 5.75 Å². The molecule has 0 fully saturated rings. The van der Waals surface area contributed by atoms with Gasteiger partial charge in [-0.3, -0.25) is 4.79 Å². The molecular formula is C18H23N3O3S. The number of aromatic nitrogens is 1. The van der Waals surface area contributed by atoms with Gasteiger partial charge in [0, 0.05) is 10.4 Å². The van der Waals surface area contributed by atoms with Crippen LogP contribution in [0.2, 0.25) is 0 Å². The molecule has 0 atom stereocenters. The van der Waals surface area contributed by atoms with Crippen molar-refractivity contribution in [1.29, 1.82) is 0 Å². The number of Topliss-reactive ketones (excluding diaryl/α,β-unsaturated/α-hetero) is 1. The highest BCUT2D eigenvalue weighted by atomic mass is 32.1. The summed E-state index contributed by atoms with van der Waals surface area (Å²) in [7, 11) is 0. The number of anilines is 1. The van der Waals surface area contributed by atoms with Crippen molar-refractivity contribution in [3.05, 3.63) is 39.3 Å². The maximum atomic E-state index is 12.3. The average Bonchev–Trinajstić information content (AvgIpc) is 2.94. The lowest BCUT2D eigenvalue weighted by atomic mass is 10.1. The average molecular weight is 361 g/mol. The molecule has 0 spiro atoms. The van der Waals surface area contributed by atoms with Crippen molar-refractivity contribution in [2.24, 2.45) is 0 Å². The Morgan fingerprint density at radius 2 is 2.04 bits per heavy atom. The van der Waals surface area contributed by atoms with Crippen LogP contribution >= 0.6 is 11.3 Å². The van der Waals surface area contributed by atoms with Gasteiger partial charge in [-0.1, -0.05) is 6.92 Å². The molecule has 1 aromatic carbocycles. The third kappa shape index (κ3) is 5.03. The number of benzene rings is 1. The number of ketones is 1. The Balaban J connectivity index is 2.08. The highest BCUT2D eigenvalue weighted by Crippen LogP contribution is 2.26. The molecule has 7 heteroatoms. The van der Waals surface area contributed by atoms with Gasteiger partial charge < -0.3 is 15.4 Å². The van der Waals surface area contributed by atoms with E-state index in [-0.39, 0.29) is 11.8 Å². The van der Waals surface area contributed by atoms with Gasteiger partial charge in [0.05, 0.1) is 29.5 Å². The number of amides is 2. The summed E-state index contributed by atoms with van der Waals surface area (Å²) in [5.41, 5.74) is 2.00. The number of carbonyl (C=O) groups is 2. The Morgan fingerprint density at radius 1 is 1.28 bits per heavy atom. The summed E-state index contributed by atoms with van der Waals surface area (Å²) in [4.78, 5) is 29.3. The Labute approximate surface area is 151 Å². The van der Waals surface area contributed by atoms with Gasteiger partial charge in [-0.25, -0.2) is 9.78 Å². The second-order valence-electron chi connectivity index (χ2n) is 5.46. The van der Waals surface area contributed by atoms with Crippen molar-refractivity contribution in [3.63, 3.8) is 0 Å². The lowest BCUT2D eigenvalue weighted by molar-refractivity contribution is 0.101. The van der Waals surface area contributed by atoms with Gasteiger partial charge in [-0.2, -0.15) is 0 Å². The van der Waals surface area contributed by atoms with E-state index >= 15 is 0 Å². The number of carbonyl (C=O) groups excluding carboxylic acids is 2. The molecule has 0 aliphatic rings. The van der Waals surface area contributed by atoms with Crippen molar-refractivity contribution < 1.29 is 14.3 Å². The fourth-order valence-corrected chi connectivity index (χ4v) is 3.35. The molecular weight excluding hydrogens is 338 g/mol. The van der Waals surface area contributed by atoms with Crippen LogP contribution in [-0.2, 0) is 13.0 Å². The quantitative estimate of drug-likeness (QED) is 0.732. The van der Waals surface area contributed by atoms with Crippen LogP contribution in [0.1, 0.15) is 46.7 Å². The molecule has 134 valence electrons. The monoisotopic (exact) mass is 361 g/mol. The summed E-state index contributed by atoms with van der Waals surface area (Å²) >= 11 is 1.58. The fourth-order valence-electron chi connectivity index (χ4n) is 2.38. The van der Waals surface area contributed by atoms with E-state index in [2.05, 4.69) is 15.6 Å². The predicted octanol–water partition coefficient (Wildman–Crippen LogP) is 3.94. The van der Waals surface area contributed by atoms with Gasteiger partial charge in [0.25, 0.3) is 0 Å². The van der Waals surface area contributed by atoms with Crippen LogP contribution in [0.3, 0.4) is 0 Å². The number of hydrogen-bond donors (Lipinski definition) is 2. The Morgan fingerprint density at radius 3 is 2.68 bits per heavy atom. The number of aryl methyl sites for hydroxylation is 2. The van der Waals surface area contributed by atoms with Gasteiger partial charge in [-0.05, 0) is 45.4 Å². The smallest absolute Gasteiger partial charge is 0.319 e. The largest absolute Gasteiger partial charge is 0.492 e. The van der Waals surface area contributed by atoms with Crippen molar-refractivity contribution >= 4 is 28.8 Å². The minimum absolute atomic E-state index is 0.0702. The van der Waals surface area contributed by atoms with Gasteiger partial charge in [0.15, 0.2) is 5.78 Å². The zero-order valence-corrected chi connectivity index (χ0v) is 15.8. The van der Waals surface area contributed by atoms with Gasteiger partial charge in [-0.15, -0.1) is 11.3 Å². The maximum absolute atomic E-state index is 12.3. The number of urea groups is 1. The molecule has 0 saturated heterocycles. The van der Waals surface area contributed by atoms with Crippen molar-refractivity contribution in [2.75, 3.05) is 11.9 Å². The summed E-state index contributed by atoms with van der Waals surface area (Å²) in [5, 5.41) is 6.58. The lowest BCUT2D eigenvalue weighted by Gasteiger charge is -2.13. The van der Waals surface area contributed by atoms with Crippen LogP contribution in [0.15, 0.2) is 18.2 Å². The SMILES string of the molecule is CCOc1ccc(C(C)=O)cc1NC(=O)NCc1sc(C)nc1CC. The minimum atomic E-state index is -0.352. The molecule has 25 heavy (non-hydrogen) atoms. The standard InChI is InChI=1S/C18H23N3O3S/c1-5-14-17(25-12(4)20-14)10-19-18(23)21-15-9-13(11(3)22)7-8-16(15)24-6-2/h7-9H,5-6,10H2,1-4H3,(H2,19,21,23). The van der Waals surface area contributed by atoms with Crippen LogP contribution in [0.5, 0.6) is 5.75 Å². The number of nitrogens with one attached hydrogen (secondary N) is 2. The first kappa shape index (κ1) is 18.9. The van der Waals surface area contributed by atoms with Crippen LogP contribution in [0.25, 0.3) is 0 Å². The molecule has 1 aromatic heterocycles. The minimum Gasteiger partial charge on any atom is -0.492 e. The van der Waals surface area contributed by atoms with Crippen molar-refractivity contribution in [1.82, 2.24) is 10.3 Å².